The van der Waals surface area contributed by atoms with Crippen molar-refractivity contribution < 1.29 is 13.2 Å². The molecule has 0 bridgehead atoms. The summed E-state index contributed by atoms with van der Waals surface area (Å²) in [5.74, 6) is -0.371. The summed E-state index contributed by atoms with van der Waals surface area (Å²) in [6.45, 7) is 5.69. The minimum atomic E-state index is -3.70. The van der Waals surface area contributed by atoms with Crippen LogP contribution in [0.5, 0.6) is 0 Å². The van der Waals surface area contributed by atoms with Crippen LogP contribution in [0, 0.1) is 20.8 Å². The summed E-state index contributed by atoms with van der Waals surface area (Å²) in [6.07, 6.45) is 0. The molecule has 0 aliphatic carbocycles. The van der Waals surface area contributed by atoms with Crippen molar-refractivity contribution in [1.82, 2.24) is 10.0 Å². The first-order valence-corrected chi connectivity index (χ1v) is 9.15. The second-order valence-corrected chi connectivity index (χ2v) is 7.59. The van der Waals surface area contributed by atoms with E-state index in [4.69, 9.17) is 0 Å². The van der Waals surface area contributed by atoms with E-state index >= 15 is 0 Å². The Hall–Kier alpha value is -2.18. The highest BCUT2D eigenvalue weighted by atomic mass is 32.2. The monoisotopic (exact) mass is 346 g/mol. The Morgan fingerprint density at radius 3 is 2.38 bits per heavy atom. The van der Waals surface area contributed by atoms with E-state index in [-0.39, 0.29) is 17.3 Å². The maximum atomic E-state index is 12.3. The highest BCUT2D eigenvalue weighted by Gasteiger charge is 2.17. The third-order valence-corrected chi connectivity index (χ3v) is 5.18. The number of nitrogens with one attached hydrogen (secondary N) is 2. The van der Waals surface area contributed by atoms with E-state index < -0.39 is 10.0 Å². The lowest BCUT2D eigenvalue weighted by Crippen LogP contribution is -2.36. The number of rotatable bonds is 6. The molecule has 0 unspecified atom stereocenters. The molecule has 2 rings (SSSR count). The topological polar surface area (TPSA) is 75.3 Å². The van der Waals surface area contributed by atoms with Gasteiger partial charge in [0.15, 0.2) is 0 Å². The Morgan fingerprint density at radius 2 is 1.71 bits per heavy atom. The number of hydrogen-bond acceptors (Lipinski definition) is 3. The van der Waals surface area contributed by atoms with Crippen molar-refractivity contribution in [3.05, 3.63) is 64.7 Å². The largest absolute Gasteiger partial charge is 0.351 e. The molecule has 2 aromatic rings. The molecule has 0 aliphatic heterocycles. The van der Waals surface area contributed by atoms with Crippen molar-refractivity contribution in [2.24, 2.45) is 0 Å². The van der Waals surface area contributed by atoms with Crippen molar-refractivity contribution in [3.63, 3.8) is 0 Å². The van der Waals surface area contributed by atoms with Gasteiger partial charge in [0.2, 0.25) is 15.9 Å². The lowest BCUT2D eigenvalue weighted by Gasteiger charge is -2.10. The van der Waals surface area contributed by atoms with E-state index in [1.807, 2.05) is 38.1 Å². The molecule has 24 heavy (non-hydrogen) atoms. The molecule has 5 nitrogen and oxygen atoms in total. The van der Waals surface area contributed by atoms with Crippen molar-refractivity contribution in [2.45, 2.75) is 32.2 Å². The lowest BCUT2D eigenvalue weighted by molar-refractivity contribution is -0.120. The van der Waals surface area contributed by atoms with Crippen LogP contribution in [0.25, 0.3) is 0 Å². The van der Waals surface area contributed by atoms with E-state index in [1.165, 1.54) is 0 Å². The summed E-state index contributed by atoms with van der Waals surface area (Å²) in [5, 5.41) is 2.71. The number of aryl methyl sites for hydroxylation is 3. The maximum absolute atomic E-state index is 12.3. The molecule has 2 aromatic carbocycles. The Balaban J connectivity index is 1.93. The molecule has 0 spiro atoms. The Labute approximate surface area is 143 Å². The minimum absolute atomic E-state index is 0.194. The van der Waals surface area contributed by atoms with Crippen LogP contribution in [0.4, 0.5) is 0 Å². The fourth-order valence-electron chi connectivity index (χ4n) is 2.42. The van der Waals surface area contributed by atoms with Gasteiger partial charge in [-0.3, -0.25) is 4.79 Å². The van der Waals surface area contributed by atoms with Gasteiger partial charge in [-0.1, -0.05) is 47.5 Å². The van der Waals surface area contributed by atoms with Gasteiger partial charge in [0, 0.05) is 6.54 Å². The van der Waals surface area contributed by atoms with Crippen molar-refractivity contribution >= 4 is 15.9 Å². The highest BCUT2D eigenvalue weighted by Crippen LogP contribution is 2.15. The first-order valence-electron chi connectivity index (χ1n) is 7.67. The molecule has 128 valence electrons. The maximum Gasteiger partial charge on any atom is 0.241 e. The number of carbonyl (C=O) groups excluding carboxylic acids is 1. The van der Waals surface area contributed by atoms with Crippen LogP contribution in [0.3, 0.4) is 0 Å². The van der Waals surface area contributed by atoms with E-state index in [0.29, 0.717) is 12.1 Å². The molecule has 2 N–H and O–H groups in total. The molecule has 0 saturated heterocycles. The van der Waals surface area contributed by atoms with Gasteiger partial charge in [-0.2, -0.15) is 0 Å². The Bertz CT molecular complexity index is 845. The molecule has 6 heteroatoms. The van der Waals surface area contributed by atoms with E-state index in [0.717, 1.165) is 16.7 Å². The first-order chi connectivity index (χ1) is 11.3. The second-order valence-electron chi connectivity index (χ2n) is 5.86. The van der Waals surface area contributed by atoms with Crippen molar-refractivity contribution in [2.75, 3.05) is 6.54 Å². The molecule has 0 saturated carbocycles. The summed E-state index contributed by atoms with van der Waals surface area (Å²) in [5.41, 5.74) is 3.72. The Kier molecular flexibility index (Phi) is 5.75. The number of benzene rings is 2. The van der Waals surface area contributed by atoms with Crippen LogP contribution in [0.1, 0.15) is 22.3 Å². The molecule has 0 fully saturated rings. The normalized spacial score (nSPS) is 11.3. The molecule has 0 aromatic heterocycles. The number of carbonyl (C=O) groups is 1. The van der Waals surface area contributed by atoms with Crippen molar-refractivity contribution in [1.29, 1.82) is 0 Å². The van der Waals surface area contributed by atoms with E-state index in [2.05, 4.69) is 10.0 Å². The summed E-state index contributed by atoms with van der Waals surface area (Å²) in [7, 11) is -3.70. The zero-order chi connectivity index (χ0) is 17.7. The average molecular weight is 346 g/mol. The van der Waals surface area contributed by atoms with Crippen LogP contribution in [-0.4, -0.2) is 20.9 Å². The summed E-state index contributed by atoms with van der Waals surface area (Å²) >= 11 is 0. The van der Waals surface area contributed by atoms with Gasteiger partial charge in [-0.05, 0) is 38.0 Å². The molecule has 0 atom stereocenters. The average Bonchev–Trinajstić information content (AvgIpc) is 2.51. The second kappa shape index (κ2) is 7.59. The predicted octanol–water partition coefficient (Wildman–Crippen LogP) is 2.21. The molecule has 1 amide bonds. The highest BCUT2D eigenvalue weighted by molar-refractivity contribution is 7.89. The molecule has 0 radical (unpaired) electrons. The van der Waals surface area contributed by atoms with Gasteiger partial charge in [-0.25, -0.2) is 13.1 Å². The molecular weight excluding hydrogens is 324 g/mol. The summed E-state index contributed by atoms with van der Waals surface area (Å²) in [4.78, 5) is 12.1. The number of sulfonamides is 1. The zero-order valence-electron chi connectivity index (χ0n) is 14.1. The third kappa shape index (κ3) is 4.91. The quantitative estimate of drug-likeness (QED) is 0.842. The third-order valence-electron chi connectivity index (χ3n) is 3.61. The number of amides is 1. The smallest absolute Gasteiger partial charge is 0.241 e. The van der Waals surface area contributed by atoms with Crippen LogP contribution < -0.4 is 10.0 Å². The van der Waals surface area contributed by atoms with Gasteiger partial charge in [-0.15, -0.1) is 0 Å². The van der Waals surface area contributed by atoms with Crippen LogP contribution in [0.15, 0.2) is 47.4 Å². The predicted molar refractivity (Wildman–Crippen MR) is 94.1 cm³/mol. The van der Waals surface area contributed by atoms with Gasteiger partial charge in [0.25, 0.3) is 0 Å². The van der Waals surface area contributed by atoms with E-state index in [9.17, 15) is 13.2 Å². The summed E-state index contributed by atoms with van der Waals surface area (Å²) in [6, 6.07) is 12.9. The van der Waals surface area contributed by atoms with Gasteiger partial charge >= 0.3 is 0 Å². The molecular formula is C18H22N2O3S. The van der Waals surface area contributed by atoms with Gasteiger partial charge < -0.3 is 5.32 Å². The standard InChI is InChI=1S/C18H22N2O3S/c1-13-5-4-6-16(10-13)11-19-18(21)12-20-24(22,23)17-8-7-14(2)9-15(17)3/h4-10,20H,11-12H2,1-3H3,(H,19,21). The van der Waals surface area contributed by atoms with Crippen LogP contribution >= 0.6 is 0 Å². The fraction of sp³-hybridized carbons (Fsp3) is 0.278. The molecule has 0 aliphatic rings. The van der Waals surface area contributed by atoms with Crippen LogP contribution in [0.2, 0.25) is 0 Å². The molecule has 0 heterocycles. The van der Waals surface area contributed by atoms with Gasteiger partial charge in [0.05, 0.1) is 11.4 Å². The van der Waals surface area contributed by atoms with Crippen molar-refractivity contribution in [3.8, 4) is 0 Å². The fourth-order valence-corrected chi connectivity index (χ4v) is 3.63. The van der Waals surface area contributed by atoms with E-state index in [1.54, 1.807) is 25.1 Å². The lowest BCUT2D eigenvalue weighted by atomic mass is 10.1. The summed E-state index contributed by atoms with van der Waals surface area (Å²) < 4.78 is 26.9. The SMILES string of the molecule is Cc1cccc(CNC(=O)CNS(=O)(=O)c2ccc(C)cc2C)c1. The zero-order valence-corrected chi connectivity index (χ0v) is 14.9. The minimum Gasteiger partial charge on any atom is -0.351 e. The van der Waals surface area contributed by atoms with Crippen LogP contribution in [-0.2, 0) is 21.4 Å². The van der Waals surface area contributed by atoms with Gasteiger partial charge in [0.1, 0.15) is 0 Å². The Morgan fingerprint density at radius 1 is 1.00 bits per heavy atom. The first kappa shape index (κ1) is 18.2. The number of hydrogen-bond donors (Lipinski definition) is 2.